The minimum atomic E-state index is -0.884. The number of hydrogen-bond acceptors (Lipinski definition) is 1. The van der Waals surface area contributed by atoms with Gasteiger partial charge in [-0.25, -0.2) is 8.78 Å². The lowest BCUT2D eigenvalue weighted by atomic mass is 9.71. The lowest BCUT2D eigenvalue weighted by Gasteiger charge is -2.32. The molecule has 3 heteroatoms. The summed E-state index contributed by atoms with van der Waals surface area (Å²) in [6, 6.07) is 4.01. The Hall–Kier alpha value is -1.25. The van der Waals surface area contributed by atoms with Gasteiger partial charge >= 0.3 is 0 Å². The highest BCUT2D eigenvalue weighted by atomic mass is 19.2. The second kappa shape index (κ2) is 5.17. The predicted molar refractivity (Wildman–Crippen MR) is 66.3 cm³/mol. The molecular weight excluding hydrogens is 234 g/mol. The number of Topliss-reactive ketones (excluding diaryl/α,β-unsaturated/α-hetero) is 1. The molecule has 0 heterocycles. The molecule has 0 amide bonds. The van der Waals surface area contributed by atoms with Crippen LogP contribution in [0.3, 0.4) is 0 Å². The lowest BCUT2D eigenvalue weighted by molar-refractivity contribution is -0.128. The van der Waals surface area contributed by atoms with Crippen LogP contribution in [-0.2, 0) is 11.2 Å². The van der Waals surface area contributed by atoms with Gasteiger partial charge in [-0.1, -0.05) is 38.3 Å². The summed E-state index contributed by atoms with van der Waals surface area (Å²) < 4.78 is 26.6. The Balaban J connectivity index is 2.13. The van der Waals surface area contributed by atoms with Crippen molar-refractivity contribution in [2.24, 2.45) is 5.41 Å². The SMILES string of the molecule is CC1(C(=O)Cc2cccc(F)c2F)CCCCC1. The van der Waals surface area contributed by atoms with E-state index in [0.29, 0.717) is 0 Å². The molecule has 0 spiro atoms. The number of halogens is 2. The van der Waals surface area contributed by atoms with E-state index in [9.17, 15) is 13.6 Å². The Morgan fingerprint density at radius 2 is 1.89 bits per heavy atom. The Labute approximate surface area is 106 Å². The maximum Gasteiger partial charge on any atom is 0.162 e. The summed E-state index contributed by atoms with van der Waals surface area (Å²) in [6.45, 7) is 1.95. The highest BCUT2D eigenvalue weighted by Crippen LogP contribution is 2.37. The molecule has 0 atom stereocenters. The first-order valence-electron chi connectivity index (χ1n) is 6.49. The van der Waals surface area contributed by atoms with Crippen LogP contribution in [0, 0.1) is 17.0 Å². The molecule has 0 bridgehead atoms. The van der Waals surface area contributed by atoms with Crippen LogP contribution in [-0.4, -0.2) is 5.78 Å². The van der Waals surface area contributed by atoms with Crippen molar-refractivity contribution in [2.45, 2.75) is 45.4 Å². The Morgan fingerprint density at radius 3 is 2.56 bits per heavy atom. The number of hydrogen-bond donors (Lipinski definition) is 0. The zero-order chi connectivity index (χ0) is 13.2. The molecule has 98 valence electrons. The van der Waals surface area contributed by atoms with E-state index in [1.807, 2.05) is 6.92 Å². The average molecular weight is 252 g/mol. The molecule has 1 aromatic carbocycles. The second-order valence-corrected chi connectivity index (χ2v) is 5.43. The molecule has 1 aliphatic rings. The third-order valence-electron chi connectivity index (χ3n) is 4.01. The number of benzene rings is 1. The fraction of sp³-hybridized carbons (Fsp3) is 0.533. The molecule has 18 heavy (non-hydrogen) atoms. The van der Waals surface area contributed by atoms with E-state index < -0.39 is 11.6 Å². The van der Waals surface area contributed by atoms with E-state index in [1.165, 1.54) is 12.1 Å². The topological polar surface area (TPSA) is 17.1 Å². The number of carbonyl (C=O) groups excluding carboxylic acids is 1. The first kappa shape index (κ1) is 13.2. The standard InChI is InChI=1S/C15H18F2O/c1-15(8-3-2-4-9-15)13(18)10-11-6-5-7-12(16)14(11)17/h5-7H,2-4,8-10H2,1H3. The maximum absolute atomic E-state index is 13.5. The summed E-state index contributed by atoms with van der Waals surface area (Å²) in [7, 11) is 0. The van der Waals surface area contributed by atoms with E-state index in [-0.39, 0.29) is 23.2 Å². The minimum Gasteiger partial charge on any atom is -0.299 e. The lowest BCUT2D eigenvalue weighted by Crippen LogP contribution is -2.31. The van der Waals surface area contributed by atoms with Gasteiger partial charge in [0, 0.05) is 11.8 Å². The molecule has 1 aromatic rings. The quantitative estimate of drug-likeness (QED) is 0.793. The smallest absolute Gasteiger partial charge is 0.162 e. The normalized spacial score (nSPS) is 18.6. The fourth-order valence-corrected chi connectivity index (χ4v) is 2.68. The second-order valence-electron chi connectivity index (χ2n) is 5.43. The molecular formula is C15H18F2O. The van der Waals surface area contributed by atoms with Gasteiger partial charge in [0.15, 0.2) is 11.6 Å². The van der Waals surface area contributed by atoms with Gasteiger partial charge in [0.25, 0.3) is 0 Å². The molecule has 0 aromatic heterocycles. The van der Waals surface area contributed by atoms with Crippen LogP contribution < -0.4 is 0 Å². The summed E-state index contributed by atoms with van der Waals surface area (Å²) >= 11 is 0. The predicted octanol–water partition coefficient (Wildman–Crippen LogP) is 4.05. The molecule has 0 saturated heterocycles. The van der Waals surface area contributed by atoms with Crippen LogP contribution in [0.15, 0.2) is 18.2 Å². The summed E-state index contributed by atoms with van der Waals surface area (Å²) in [5.74, 6) is -1.73. The van der Waals surface area contributed by atoms with Crippen molar-refractivity contribution in [1.82, 2.24) is 0 Å². The molecule has 1 aliphatic carbocycles. The zero-order valence-electron chi connectivity index (χ0n) is 10.6. The number of carbonyl (C=O) groups is 1. The number of rotatable bonds is 3. The average Bonchev–Trinajstić information content (AvgIpc) is 2.36. The summed E-state index contributed by atoms with van der Waals surface area (Å²) in [6.07, 6.45) is 4.99. The van der Waals surface area contributed by atoms with E-state index in [4.69, 9.17) is 0 Å². The van der Waals surface area contributed by atoms with Gasteiger partial charge in [-0.3, -0.25) is 4.79 Å². The third kappa shape index (κ3) is 2.60. The summed E-state index contributed by atoms with van der Waals surface area (Å²) in [5.41, 5.74) is -0.177. The third-order valence-corrected chi connectivity index (χ3v) is 4.01. The first-order valence-corrected chi connectivity index (χ1v) is 6.49. The van der Waals surface area contributed by atoms with Gasteiger partial charge in [0.05, 0.1) is 0 Å². The van der Waals surface area contributed by atoms with E-state index in [1.54, 1.807) is 0 Å². The van der Waals surface area contributed by atoms with Crippen LogP contribution in [0.2, 0.25) is 0 Å². The van der Waals surface area contributed by atoms with Gasteiger partial charge < -0.3 is 0 Å². The van der Waals surface area contributed by atoms with E-state index in [0.717, 1.165) is 38.2 Å². The Morgan fingerprint density at radius 1 is 1.22 bits per heavy atom. The van der Waals surface area contributed by atoms with Gasteiger partial charge in [-0.2, -0.15) is 0 Å². The van der Waals surface area contributed by atoms with Crippen molar-refractivity contribution in [1.29, 1.82) is 0 Å². The van der Waals surface area contributed by atoms with Crippen molar-refractivity contribution < 1.29 is 13.6 Å². The number of ketones is 1. The molecule has 2 rings (SSSR count). The molecule has 0 unspecified atom stereocenters. The van der Waals surface area contributed by atoms with Gasteiger partial charge in [0.1, 0.15) is 5.78 Å². The highest BCUT2D eigenvalue weighted by Gasteiger charge is 2.34. The molecule has 1 fully saturated rings. The molecule has 1 nitrogen and oxygen atoms in total. The molecule has 0 radical (unpaired) electrons. The van der Waals surface area contributed by atoms with Crippen molar-refractivity contribution in [3.63, 3.8) is 0 Å². The van der Waals surface area contributed by atoms with E-state index >= 15 is 0 Å². The van der Waals surface area contributed by atoms with Crippen molar-refractivity contribution in [2.75, 3.05) is 0 Å². The summed E-state index contributed by atoms with van der Waals surface area (Å²) in [4.78, 5) is 12.3. The van der Waals surface area contributed by atoms with Crippen LogP contribution in [0.5, 0.6) is 0 Å². The Kier molecular flexibility index (Phi) is 3.79. The van der Waals surface area contributed by atoms with Crippen LogP contribution in [0.25, 0.3) is 0 Å². The van der Waals surface area contributed by atoms with Crippen molar-refractivity contribution in [3.8, 4) is 0 Å². The fourth-order valence-electron chi connectivity index (χ4n) is 2.68. The minimum absolute atomic E-state index is 0.0000926. The monoisotopic (exact) mass is 252 g/mol. The Bertz CT molecular complexity index is 448. The summed E-state index contributed by atoms with van der Waals surface area (Å²) in [5, 5.41) is 0. The van der Waals surface area contributed by atoms with Crippen LogP contribution >= 0.6 is 0 Å². The molecule has 1 saturated carbocycles. The maximum atomic E-state index is 13.5. The van der Waals surface area contributed by atoms with Gasteiger partial charge in [-0.05, 0) is 24.5 Å². The zero-order valence-corrected chi connectivity index (χ0v) is 10.6. The largest absolute Gasteiger partial charge is 0.299 e. The van der Waals surface area contributed by atoms with Gasteiger partial charge in [-0.15, -0.1) is 0 Å². The molecule has 0 N–H and O–H groups in total. The van der Waals surface area contributed by atoms with Crippen molar-refractivity contribution >= 4 is 5.78 Å². The van der Waals surface area contributed by atoms with Crippen molar-refractivity contribution in [3.05, 3.63) is 35.4 Å². The van der Waals surface area contributed by atoms with Crippen LogP contribution in [0.4, 0.5) is 8.78 Å². The first-order chi connectivity index (χ1) is 8.53. The molecule has 0 aliphatic heterocycles. The van der Waals surface area contributed by atoms with Gasteiger partial charge in [0.2, 0.25) is 0 Å². The highest BCUT2D eigenvalue weighted by molar-refractivity contribution is 5.86. The van der Waals surface area contributed by atoms with E-state index in [2.05, 4.69) is 0 Å². The van der Waals surface area contributed by atoms with Crippen LogP contribution in [0.1, 0.15) is 44.6 Å².